The number of rotatable bonds is 6. The van der Waals surface area contributed by atoms with E-state index in [4.69, 9.17) is 5.73 Å². The topological polar surface area (TPSA) is 58.4 Å². The molecule has 0 aliphatic carbocycles. The Hall–Kier alpha value is -1.55. The van der Waals surface area contributed by atoms with Crippen molar-refractivity contribution in [2.75, 3.05) is 24.5 Å². The average Bonchev–Trinajstić information content (AvgIpc) is 2.80. The number of amides is 1. The molecule has 0 saturated heterocycles. The van der Waals surface area contributed by atoms with Crippen molar-refractivity contribution >= 4 is 11.6 Å². The molecule has 0 radical (unpaired) electrons. The molecule has 0 bridgehead atoms. The molecular formula is C15H23N3O. The molecule has 19 heavy (non-hydrogen) atoms. The van der Waals surface area contributed by atoms with E-state index in [1.807, 2.05) is 13.8 Å². The number of fused-ring (bicyclic) bond motifs is 1. The number of carbonyl (C=O) groups excluding carboxylic acids is 1. The molecule has 0 saturated carbocycles. The van der Waals surface area contributed by atoms with Crippen LogP contribution < -0.4 is 16.0 Å². The van der Waals surface area contributed by atoms with Gasteiger partial charge in [0.1, 0.15) is 0 Å². The summed E-state index contributed by atoms with van der Waals surface area (Å²) < 4.78 is 0. The summed E-state index contributed by atoms with van der Waals surface area (Å²) in [5.41, 5.74) is 7.59. The van der Waals surface area contributed by atoms with Crippen LogP contribution in [0.1, 0.15) is 25.8 Å². The highest BCUT2D eigenvalue weighted by Crippen LogP contribution is 2.28. The zero-order valence-corrected chi connectivity index (χ0v) is 11.8. The minimum Gasteiger partial charge on any atom is -0.371 e. The third-order valence-electron chi connectivity index (χ3n) is 3.98. The number of anilines is 1. The van der Waals surface area contributed by atoms with Crippen molar-refractivity contribution in [1.82, 2.24) is 5.32 Å². The van der Waals surface area contributed by atoms with Gasteiger partial charge in [-0.1, -0.05) is 25.1 Å². The van der Waals surface area contributed by atoms with Gasteiger partial charge in [0.2, 0.25) is 5.91 Å². The maximum atomic E-state index is 11.6. The Morgan fingerprint density at radius 3 is 2.89 bits per heavy atom. The summed E-state index contributed by atoms with van der Waals surface area (Å²) in [6, 6.07) is 8.47. The van der Waals surface area contributed by atoms with E-state index in [9.17, 15) is 4.79 Å². The Morgan fingerprint density at radius 1 is 1.47 bits per heavy atom. The van der Waals surface area contributed by atoms with Gasteiger partial charge in [-0.25, -0.2) is 0 Å². The van der Waals surface area contributed by atoms with Crippen LogP contribution in [0.15, 0.2) is 24.3 Å². The number of hydrogen-bond acceptors (Lipinski definition) is 3. The zero-order valence-electron chi connectivity index (χ0n) is 11.8. The Morgan fingerprint density at radius 2 is 2.21 bits per heavy atom. The first-order valence-corrected chi connectivity index (χ1v) is 6.94. The molecule has 2 rings (SSSR count). The third kappa shape index (κ3) is 2.89. The fourth-order valence-corrected chi connectivity index (χ4v) is 2.69. The molecule has 1 aliphatic heterocycles. The summed E-state index contributed by atoms with van der Waals surface area (Å²) in [5.74, 6) is -0.276. The van der Waals surface area contributed by atoms with Crippen molar-refractivity contribution in [2.24, 2.45) is 5.73 Å². The lowest BCUT2D eigenvalue weighted by atomic mass is 9.96. The molecule has 1 amide bonds. The predicted molar refractivity (Wildman–Crippen MR) is 78.3 cm³/mol. The van der Waals surface area contributed by atoms with Gasteiger partial charge in [0.05, 0.1) is 5.54 Å². The molecule has 4 heteroatoms. The summed E-state index contributed by atoms with van der Waals surface area (Å²) in [7, 11) is 0. The van der Waals surface area contributed by atoms with Crippen molar-refractivity contribution in [1.29, 1.82) is 0 Å². The van der Waals surface area contributed by atoms with E-state index >= 15 is 0 Å². The second-order valence-electron chi connectivity index (χ2n) is 5.34. The highest BCUT2D eigenvalue weighted by molar-refractivity contribution is 5.84. The van der Waals surface area contributed by atoms with Crippen molar-refractivity contribution in [3.63, 3.8) is 0 Å². The SMILES string of the molecule is CCNC(C)(CCN1CCc2ccccc21)C(N)=O. The standard InChI is InChI=1S/C15H23N3O/c1-3-17-15(2,14(16)19)9-11-18-10-8-12-6-4-5-7-13(12)18/h4-7,17H,3,8-11H2,1-2H3,(H2,16,19). The second-order valence-corrected chi connectivity index (χ2v) is 5.34. The molecule has 1 atom stereocenters. The molecule has 1 unspecified atom stereocenters. The number of para-hydroxylation sites is 1. The number of likely N-dealkylation sites (N-methyl/N-ethyl adjacent to an activating group) is 1. The number of nitrogens with one attached hydrogen (secondary N) is 1. The number of benzene rings is 1. The van der Waals surface area contributed by atoms with Gasteiger partial charge < -0.3 is 16.0 Å². The smallest absolute Gasteiger partial charge is 0.237 e. The molecule has 1 aromatic rings. The lowest BCUT2D eigenvalue weighted by Crippen LogP contribution is -2.54. The molecule has 3 N–H and O–H groups in total. The third-order valence-corrected chi connectivity index (χ3v) is 3.98. The Labute approximate surface area is 115 Å². The van der Waals surface area contributed by atoms with Gasteiger partial charge in [0, 0.05) is 18.8 Å². The first-order chi connectivity index (χ1) is 9.07. The van der Waals surface area contributed by atoms with Crippen LogP contribution in [0, 0.1) is 0 Å². The molecule has 0 aromatic heterocycles. The quantitative estimate of drug-likeness (QED) is 0.811. The number of carbonyl (C=O) groups is 1. The number of primary amides is 1. The average molecular weight is 261 g/mol. The minimum atomic E-state index is -0.619. The maximum absolute atomic E-state index is 11.6. The fraction of sp³-hybridized carbons (Fsp3) is 0.533. The Bertz CT molecular complexity index is 460. The van der Waals surface area contributed by atoms with Gasteiger partial charge in [-0.15, -0.1) is 0 Å². The van der Waals surface area contributed by atoms with E-state index in [1.165, 1.54) is 11.3 Å². The minimum absolute atomic E-state index is 0.276. The first-order valence-electron chi connectivity index (χ1n) is 6.94. The molecule has 0 fully saturated rings. The van der Waals surface area contributed by atoms with E-state index in [2.05, 4.69) is 34.5 Å². The predicted octanol–water partition coefficient (Wildman–Crippen LogP) is 1.29. The maximum Gasteiger partial charge on any atom is 0.237 e. The molecule has 1 aliphatic rings. The van der Waals surface area contributed by atoms with Gasteiger partial charge in [0.15, 0.2) is 0 Å². The summed E-state index contributed by atoms with van der Waals surface area (Å²) in [4.78, 5) is 13.9. The summed E-state index contributed by atoms with van der Waals surface area (Å²) in [6.45, 7) is 6.51. The summed E-state index contributed by atoms with van der Waals surface area (Å²) in [6.07, 6.45) is 1.81. The van der Waals surface area contributed by atoms with E-state index in [0.29, 0.717) is 0 Å². The van der Waals surface area contributed by atoms with Crippen LogP contribution in [-0.2, 0) is 11.2 Å². The van der Waals surface area contributed by atoms with Gasteiger partial charge in [0.25, 0.3) is 0 Å². The first kappa shape index (κ1) is 13.9. The molecule has 1 aromatic carbocycles. The molecule has 0 spiro atoms. The van der Waals surface area contributed by atoms with Crippen LogP contribution >= 0.6 is 0 Å². The van der Waals surface area contributed by atoms with Gasteiger partial charge in [-0.3, -0.25) is 4.79 Å². The summed E-state index contributed by atoms with van der Waals surface area (Å²) >= 11 is 0. The highest BCUT2D eigenvalue weighted by atomic mass is 16.1. The van der Waals surface area contributed by atoms with Crippen molar-refractivity contribution in [2.45, 2.75) is 32.2 Å². The van der Waals surface area contributed by atoms with Crippen LogP contribution in [0.5, 0.6) is 0 Å². The molecular weight excluding hydrogens is 238 g/mol. The van der Waals surface area contributed by atoms with Gasteiger partial charge >= 0.3 is 0 Å². The number of nitrogens with zero attached hydrogens (tertiary/aromatic N) is 1. The normalized spacial score (nSPS) is 17.1. The van der Waals surface area contributed by atoms with Crippen molar-refractivity contribution in [3.05, 3.63) is 29.8 Å². The second kappa shape index (κ2) is 5.61. The van der Waals surface area contributed by atoms with Crippen LogP contribution in [0.2, 0.25) is 0 Å². The van der Waals surface area contributed by atoms with Gasteiger partial charge in [-0.05, 0) is 37.9 Å². The molecule has 4 nitrogen and oxygen atoms in total. The van der Waals surface area contributed by atoms with E-state index in [-0.39, 0.29) is 5.91 Å². The number of nitrogens with two attached hydrogens (primary N) is 1. The fourth-order valence-electron chi connectivity index (χ4n) is 2.69. The van der Waals surface area contributed by atoms with Crippen LogP contribution in [0.3, 0.4) is 0 Å². The Balaban J connectivity index is 2.01. The largest absolute Gasteiger partial charge is 0.371 e. The highest BCUT2D eigenvalue weighted by Gasteiger charge is 2.31. The Kier molecular flexibility index (Phi) is 4.10. The van der Waals surface area contributed by atoms with Crippen LogP contribution in [-0.4, -0.2) is 31.1 Å². The zero-order chi connectivity index (χ0) is 13.9. The molecule has 1 heterocycles. The van der Waals surface area contributed by atoms with Crippen molar-refractivity contribution < 1.29 is 4.79 Å². The molecule has 104 valence electrons. The number of hydrogen-bond donors (Lipinski definition) is 2. The van der Waals surface area contributed by atoms with Crippen molar-refractivity contribution in [3.8, 4) is 0 Å². The monoisotopic (exact) mass is 261 g/mol. The summed E-state index contributed by atoms with van der Waals surface area (Å²) in [5, 5.41) is 3.21. The van der Waals surface area contributed by atoms with Crippen LogP contribution in [0.25, 0.3) is 0 Å². The lowest BCUT2D eigenvalue weighted by Gasteiger charge is -2.30. The van der Waals surface area contributed by atoms with Crippen LogP contribution in [0.4, 0.5) is 5.69 Å². The van der Waals surface area contributed by atoms with E-state index < -0.39 is 5.54 Å². The van der Waals surface area contributed by atoms with E-state index in [1.54, 1.807) is 0 Å². The van der Waals surface area contributed by atoms with Gasteiger partial charge in [-0.2, -0.15) is 0 Å². The van der Waals surface area contributed by atoms with E-state index in [0.717, 1.165) is 32.5 Å². The lowest BCUT2D eigenvalue weighted by molar-refractivity contribution is -0.124.